The number of rotatable bonds is 5. The van der Waals surface area contributed by atoms with E-state index in [1.165, 1.54) is 0 Å². The molecule has 106 valence electrons. The number of benzene rings is 1. The van der Waals surface area contributed by atoms with E-state index >= 15 is 0 Å². The first kappa shape index (κ1) is 15.5. The number of nitrogens with one attached hydrogen (secondary N) is 1. The third-order valence-electron chi connectivity index (χ3n) is 2.35. The second-order valence-corrected chi connectivity index (χ2v) is 5.57. The van der Waals surface area contributed by atoms with E-state index in [2.05, 4.69) is 9.46 Å². The van der Waals surface area contributed by atoms with Crippen molar-refractivity contribution in [3.63, 3.8) is 0 Å². The van der Waals surface area contributed by atoms with Gasteiger partial charge in [-0.2, -0.15) is 0 Å². The Labute approximate surface area is 110 Å². The fourth-order valence-electron chi connectivity index (χ4n) is 1.38. The largest absolute Gasteiger partial charge is 0.465 e. The highest BCUT2D eigenvalue weighted by molar-refractivity contribution is 7.89. The van der Waals surface area contributed by atoms with Gasteiger partial charge in [-0.25, -0.2) is 22.3 Å². The van der Waals surface area contributed by atoms with Crippen molar-refractivity contribution < 1.29 is 22.3 Å². The molecular weight excluding hydrogens is 275 g/mol. The van der Waals surface area contributed by atoms with Crippen molar-refractivity contribution in [2.75, 3.05) is 13.7 Å². The maximum atomic E-state index is 13.1. The summed E-state index contributed by atoms with van der Waals surface area (Å²) < 4.78 is 43.9. The molecule has 0 radical (unpaired) electrons. The Morgan fingerprint density at radius 3 is 2.68 bits per heavy atom. The van der Waals surface area contributed by atoms with Crippen LogP contribution in [0.2, 0.25) is 0 Å². The third kappa shape index (κ3) is 3.72. The van der Waals surface area contributed by atoms with Crippen LogP contribution in [0.1, 0.15) is 17.3 Å². The summed E-state index contributed by atoms with van der Waals surface area (Å²) in [6.07, 6.45) is 0. The van der Waals surface area contributed by atoms with E-state index < -0.39 is 27.9 Å². The zero-order chi connectivity index (χ0) is 14.6. The van der Waals surface area contributed by atoms with E-state index in [9.17, 15) is 17.6 Å². The zero-order valence-corrected chi connectivity index (χ0v) is 11.3. The predicted octanol–water partition coefficient (Wildman–Crippen LogP) is 0.238. The standard InChI is InChI=1S/C11H15FN2O4S/c1-7(6-13)14-19(16,17)10-4-3-8(12)5-9(10)11(15)18-2/h3-5,7,14H,6,13H2,1-2H3/t7-/m0/s1. The van der Waals surface area contributed by atoms with Crippen molar-refractivity contribution >= 4 is 16.0 Å². The molecule has 6 nitrogen and oxygen atoms in total. The molecule has 0 aromatic heterocycles. The first-order chi connectivity index (χ1) is 8.81. The summed E-state index contributed by atoms with van der Waals surface area (Å²) in [7, 11) is -2.89. The van der Waals surface area contributed by atoms with Crippen LogP contribution in [0, 0.1) is 5.82 Å². The van der Waals surface area contributed by atoms with E-state index in [0.29, 0.717) is 0 Å². The number of carbonyl (C=O) groups is 1. The SMILES string of the molecule is COC(=O)c1cc(F)ccc1S(=O)(=O)N[C@@H](C)CN. The Kier molecular flexibility index (Phi) is 4.98. The van der Waals surface area contributed by atoms with Crippen LogP contribution >= 0.6 is 0 Å². The van der Waals surface area contributed by atoms with Crippen LogP contribution < -0.4 is 10.5 Å². The zero-order valence-electron chi connectivity index (χ0n) is 10.5. The molecule has 0 aliphatic carbocycles. The molecule has 0 aliphatic rings. The summed E-state index contributed by atoms with van der Waals surface area (Å²) in [5.41, 5.74) is 4.97. The molecule has 1 aromatic rings. The van der Waals surface area contributed by atoms with E-state index in [-0.39, 0.29) is 17.0 Å². The van der Waals surface area contributed by atoms with Crippen molar-refractivity contribution in [3.8, 4) is 0 Å². The van der Waals surface area contributed by atoms with Gasteiger partial charge in [0.1, 0.15) is 5.82 Å². The number of carbonyl (C=O) groups excluding carboxylic acids is 1. The summed E-state index contributed by atoms with van der Waals surface area (Å²) in [5.74, 6) is -1.66. The monoisotopic (exact) mass is 290 g/mol. The van der Waals surface area contributed by atoms with Gasteiger partial charge in [0.25, 0.3) is 0 Å². The summed E-state index contributed by atoms with van der Waals surface area (Å²) in [5, 5.41) is 0. The van der Waals surface area contributed by atoms with Crippen molar-refractivity contribution in [2.24, 2.45) is 5.73 Å². The van der Waals surface area contributed by atoms with E-state index in [4.69, 9.17) is 5.73 Å². The molecule has 0 aliphatic heterocycles. The van der Waals surface area contributed by atoms with E-state index in [1.54, 1.807) is 6.92 Å². The van der Waals surface area contributed by atoms with Crippen LogP contribution in [0.25, 0.3) is 0 Å². The number of halogens is 1. The summed E-state index contributed by atoms with van der Waals surface area (Å²) in [4.78, 5) is 11.1. The van der Waals surface area contributed by atoms with Crippen molar-refractivity contribution in [2.45, 2.75) is 17.9 Å². The van der Waals surface area contributed by atoms with Crippen LogP contribution in [-0.2, 0) is 14.8 Å². The lowest BCUT2D eigenvalue weighted by atomic mass is 10.2. The minimum absolute atomic E-state index is 0.0913. The fraction of sp³-hybridized carbons (Fsp3) is 0.364. The van der Waals surface area contributed by atoms with Crippen LogP contribution in [0.4, 0.5) is 4.39 Å². The second kappa shape index (κ2) is 6.09. The number of sulfonamides is 1. The maximum absolute atomic E-state index is 13.1. The molecule has 0 amide bonds. The molecule has 0 saturated carbocycles. The van der Waals surface area contributed by atoms with Gasteiger partial charge < -0.3 is 10.5 Å². The average molecular weight is 290 g/mol. The molecule has 8 heteroatoms. The van der Waals surface area contributed by atoms with Crippen molar-refractivity contribution in [1.82, 2.24) is 4.72 Å². The van der Waals surface area contributed by atoms with Gasteiger partial charge in [-0.05, 0) is 25.1 Å². The van der Waals surface area contributed by atoms with Gasteiger partial charge in [-0.3, -0.25) is 0 Å². The van der Waals surface area contributed by atoms with Gasteiger partial charge in [0, 0.05) is 12.6 Å². The Balaban J connectivity index is 3.30. The highest BCUT2D eigenvalue weighted by atomic mass is 32.2. The van der Waals surface area contributed by atoms with Crippen LogP contribution in [0.15, 0.2) is 23.1 Å². The first-order valence-corrected chi connectivity index (χ1v) is 6.90. The lowest BCUT2D eigenvalue weighted by molar-refractivity contribution is 0.0595. The third-order valence-corrected chi connectivity index (χ3v) is 3.99. The average Bonchev–Trinajstić information content (AvgIpc) is 2.36. The Hall–Kier alpha value is -1.51. The molecule has 1 aromatic carbocycles. The molecule has 1 rings (SSSR count). The van der Waals surface area contributed by atoms with E-state index in [0.717, 1.165) is 25.3 Å². The Bertz CT molecular complexity index is 574. The van der Waals surface area contributed by atoms with Gasteiger partial charge in [-0.15, -0.1) is 0 Å². The molecule has 19 heavy (non-hydrogen) atoms. The second-order valence-electron chi connectivity index (χ2n) is 3.89. The maximum Gasteiger partial charge on any atom is 0.339 e. The van der Waals surface area contributed by atoms with Gasteiger partial charge in [0.15, 0.2) is 0 Å². The minimum atomic E-state index is -3.97. The van der Waals surface area contributed by atoms with Crippen molar-refractivity contribution in [1.29, 1.82) is 0 Å². The van der Waals surface area contributed by atoms with Gasteiger partial charge in [-0.1, -0.05) is 0 Å². The molecular formula is C11H15FN2O4S. The molecule has 0 spiro atoms. The quantitative estimate of drug-likeness (QED) is 0.757. The summed E-state index contributed by atoms with van der Waals surface area (Å²) in [6.45, 7) is 1.66. The molecule has 0 heterocycles. The fourth-order valence-corrected chi connectivity index (χ4v) is 2.81. The van der Waals surface area contributed by atoms with Crippen molar-refractivity contribution in [3.05, 3.63) is 29.6 Å². The topological polar surface area (TPSA) is 98.5 Å². The lowest BCUT2D eigenvalue weighted by Gasteiger charge is -2.14. The Morgan fingerprint density at radius 1 is 1.53 bits per heavy atom. The molecule has 3 N–H and O–H groups in total. The smallest absolute Gasteiger partial charge is 0.339 e. The highest BCUT2D eigenvalue weighted by Crippen LogP contribution is 2.18. The van der Waals surface area contributed by atoms with Crippen LogP contribution in [0.3, 0.4) is 0 Å². The predicted molar refractivity (Wildman–Crippen MR) is 66.6 cm³/mol. The molecule has 0 saturated heterocycles. The number of nitrogens with two attached hydrogens (primary N) is 1. The lowest BCUT2D eigenvalue weighted by Crippen LogP contribution is -2.38. The van der Waals surface area contributed by atoms with Gasteiger partial charge in [0.05, 0.1) is 17.6 Å². The summed E-state index contributed by atoms with van der Waals surface area (Å²) >= 11 is 0. The first-order valence-electron chi connectivity index (χ1n) is 5.42. The van der Waals surface area contributed by atoms with Gasteiger partial charge >= 0.3 is 5.97 Å². The molecule has 0 fully saturated rings. The molecule has 0 bridgehead atoms. The molecule has 1 atom stereocenters. The molecule has 0 unspecified atom stereocenters. The number of methoxy groups -OCH3 is 1. The summed E-state index contributed by atoms with van der Waals surface area (Å²) in [6, 6.07) is 2.26. The Morgan fingerprint density at radius 2 is 2.16 bits per heavy atom. The normalized spacial score (nSPS) is 13.1. The number of ether oxygens (including phenoxy) is 1. The minimum Gasteiger partial charge on any atom is -0.465 e. The van der Waals surface area contributed by atoms with Crippen LogP contribution in [-0.4, -0.2) is 34.1 Å². The number of hydrogen-bond acceptors (Lipinski definition) is 5. The van der Waals surface area contributed by atoms with E-state index in [1.807, 2.05) is 0 Å². The number of esters is 1. The number of hydrogen-bond donors (Lipinski definition) is 2. The van der Waals surface area contributed by atoms with Crippen LogP contribution in [0.5, 0.6) is 0 Å². The highest BCUT2D eigenvalue weighted by Gasteiger charge is 2.24. The van der Waals surface area contributed by atoms with Gasteiger partial charge in [0.2, 0.25) is 10.0 Å².